The normalized spacial score (nSPS) is 19.7. The Morgan fingerprint density at radius 2 is 1.53 bits per heavy atom. The number of hydrogen-bond acceptors (Lipinski definition) is 1. The van der Waals surface area contributed by atoms with Crippen molar-refractivity contribution in [2.24, 2.45) is 5.92 Å². The molecule has 2 aromatic rings. The van der Waals surface area contributed by atoms with Crippen molar-refractivity contribution in [1.82, 2.24) is 0 Å². The molecule has 1 aliphatic carbocycles. The maximum atomic E-state index is 14.7. The van der Waals surface area contributed by atoms with E-state index in [0.29, 0.717) is 5.56 Å². The van der Waals surface area contributed by atoms with Gasteiger partial charge in [-0.05, 0) is 72.9 Å². The van der Waals surface area contributed by atoms with Crippen molar-refractivity contribution in [3.05, 3.63) is 64.7 Å². The molecule has 1 fully saturated rings. The summed E-state index contributed by atoms with van der Waals surface area (Å²) >= 11 is 0. The van der Waals surface area contributed by atoms with Crippen LogP contribution in [0.4, 0.5) is 22.0 Å². The van der Waals surface area contributed by atoms with Gasteiger partial charge in [0.05, 0.1) is 0 Å². The molecule has 0 atom stereocenters. The fourth-order valence-electron chi connectivity index (χ4n) is 4.29. The summed E-state index contributed by atoms with van der Waals surface area (Å²) in [7, 11) is 0. The molecule has 0 saturated heterocycles. The molecule has 0 aromatic heterocycles. The molecule has 0 aliphatic heterocycles. The molecular weight excluding hydrogens is 399 g/mol. The highest BCUT2D eigenvalue weighted by atomic mass is 19.4. The Kier molecular flexibility index (Phi) is 7.37. The zero-order valence-corrected chi connectivity index (χ0v) is 17.1. The standard InChI is InChI=1S/C24H27F5O/c1-2-3-16-4-8-18(9-5-16)19-13-22(25)21(23(26)14-19)12-17-6-10-20(11-7-17)30-15-24(27,28)29/h6-7,10-11,13-14,16,18H,2-5,8-9,12,15H2,1H3. The van der Waals surface area contributed by atoms with Gasteiger partial charge < -0.3 is 4.74 Å². The first-order valence-electron chi connectivity index (χ1n) is 10.5. The van der Waals surface area contributed by atoms with E-state index >= 15 is 0 Å². The number of halogens is 5. The van der Waals surface area contributed by atoms with E-state index in [-0.39, 0.29) is 23.7 Å². The van der Waals surface area contributed by atoms with Crippen LogP contribution in [0, 0.1) is 17.6 Å². The molecule has 1 saturated carbocycles. The average Bonchev–Trinajstić information content (AvgIpc) is 2.70. The maximum absolute atomic E-state index is 14.7. The SMILES string of the molecule is CCCC1CCC(c2cc(F)c(Cc3ccc(OCC(F)(F)F)cc3)c(F)c2)CC1. The van der Waals surface area contributed by atoms with E-state index in [0.717, 1.165) is 37.2 Å². The van der Waals surface area contributed by atoms with E-state index in [1.54, 1.807) is 0 Å². The predicted molar refractivity (Wildman–Crippen MR) is 107 cm³/mol. The lowest BCUT2D eigenvalue weighted by molar-refractivity contribution is -0.153. The summed E-state index contributed by atoms with van der Waals surface area (Å²) in [6.45, 7) is 0.802. The van der Waals surface area contributed by atoms with Crippen molar-refractivity contribution in [2.75, 3.05) is 6.61 Å². The van der Waals surface area contributed by atoms with Crippen molar-refractivity contribution in [2.45, 2.75) is 64.0 Å². The third-order valence-corrected chi connectivity index (χ3v) is 5.89. The van der Waals surface area contributed by atoms with Crippen LogP contribution in [0.1, 0.15) is 68.1 Å². The fourth-order valence-corrected chi connectivity index (χ4v) is 4.29. The third kappa shape index (κ3) is 6.19. The molecule has 0 N–H and O–H groups in total. The van der Waals surface area contributed by atoms with E-state index in [9.17, 15) is 22.0 Å². The summed E-state index contributed by atoms with van der Waals surface area (Å²) in [6.07, 6.45) is 2.13. The molecule has 0 bridgehead atoms. The zero-order valence-electron chi connectivity index (χ0n) is 17.1. The van der Waals surface area contributed by atoms with Gasteiger partial charge in [0.15, 0.2) is 6.61 Å². The van der Waals surface area contributed by atoms with Crippen LogP contribution in [0.15, 0.2) is 36.4 Å². The Labute approximate surface area is 174 Å². The predicted octanol–water partition coefficient (Wildman–Crippen LogP) is 7.57. The van der Waals surface area contributed by atoms with E-state index < -0.39 is 24.4 Å². The van der Waals surface area contributed by atoms with Crippen LogP contribution in [0.2, 0.25) is 0 Å². The lowest BCUT2D eigenvalue weighted by atomic mass is 9.77. The van der Waals surface area contributed by atoms with Crippen LogP contribution in [0.3, 0.4) is 0 Å². The largest absolute Gasteiger partial charge is 0.484 e. The summed E-state index contributed by atoms with van der Waals surface area (Å²) in [5.41, 5.74) is 1.29. The third-order valence-electron chi connectivity index (χ3n) is 5.89. The Bertz CT molecular complexity index is 797. The summed E-state index contributed by atoms with van der Waals surface area (Å²) in [5.74, 6) is -0.160. The number of ether oxygens (including phenoxy) is 1. The fraction of sp³-hybridized carbons (Fsp3) is 0.500. The quantitative estimate of drug-likeness (QED) is 0.415. The van der Waals surface area contributed by atoms with Crippen molar-refractivity contribution < 1.29 is 26.7 Å². The van der Waals surface area contributed by atoms with Gasteiger partial charge in [-0.2, -0.15) is 13.2 Å². The molecule has 2 aromatic carbocycles. The van der Waals surface area contributed by atoms with Gasteiger partial charge in [0.25, 0.3) is 0 Å². The van der Waals surface area contributed by atoms with Gasteiger partial charge in [-0.15, -0.1) is 0 Å². The highest BCUT2D eigenvalue weighted by Crippen LogP contribution is 2.38. The summed E-state index contributed by atoms with van der Waals surface area (Å²) < 4.78 is 70.7. The van der Waals surface area contributed by atoms with Gasteiger partial charge in [0.1, 0.15) is 17.4 Å². The second-order valence-corrected chi connectivity index (χ2v) is 8.19. The average molecular weight is 426 g/mol. The second kappa shape index (κ2) is 9.80. The molecule has 6 heteroatoms. The van der Waals surface area contributed by atoms with Gasteiger partial charge in [0.2, 0.25) is 0 Å². The Morgan fingerprint density at radius 1 is 0.933 bits per heavy atom. The van der Waals surface area contributed by atoms with Crippen molar-refractivity contribution in [3.8, 4) is 5.75 Å². The molecule has 30 heavy (non-hydrogen) atoms. The highest BCUT2D eigenvalue weighted by molar-refractivity contribution is 5.35. The first kappa shape index (κ1) is 22.6. The number of benzene rings is 2. The van der Waals surface area contributed by atoms with Crippen LogP contribution < -0.4 is 4.74 Å². The zero-order chi connectivity index (χ0) is 21.7. The highest BCUT2D eigenvalue weighted by Gasteiger charge is 2.28. The molecule has 0 spiro atoms. The Morgan fingerprint density at radius 3 is 2.07 bits per heavy atom. The molecular formula is C24H27F5O. The van der Waals surface area contributed by atoms with Gasteiger partial charge in [-0.1, -0.05) is 31.9 Å². The number of hydrogen-bond donors (Lipinski definition) is 0. The molecule has 1 nitrogen and oxygen atoms in total. The van der Waals surface area contributed by atoms with Crippen LogP contribution in [0.5, 0.6) is 5.75 Å². The van der Waals surface area contributed by atoms with Crippen molar-refractivity contribution in [3.63, 3.8) is 0 Å². The maximum Gasteiger partial charge on any atom is 0.422 e. The van der Waals surface area contributed by atoms with Gasteiger partial charge in [-0.3, -0.25) is 0 Å². The molecule has 3 rings (SSSR count). The first-order valence-corrected chi connectivity index (χ1v) is 10.5. The second-order valence-electron chi connectivity index (χ2n) is 8.19. The number of rotatable bonds is 7. The van der Waals surface area contributed by atoms with Gasteiger partial charge in [0, 0.05) is 12.0 Å². The van der Waals surface area contributed by atoms with Gasteiger partial charge in [-0.25, -0.2) is 8.78 Å². The molecule has 0 heterocycles. The van der Waals surface area contributed by atoms with Gasteiger partial charge >= 0.3 is 6.18 Å². The Balaban J connectivity index is 1.64. The topological polar surface area (TPSA) is 9.23 Å². The lowest BCUT2D eigenvalue weighted by Crippen LogP contribution is -2.19. The molecule has 1 aliphatic rings. The van der Waals surface area contributed by atoms with E-state index in [2.05, 4.69) is 11.7 Å². The summed E-state index contributed by atoms with van der Waals surface area (Å²) in [4.78, 5) is 0. The van der Waals surface area contributed by atoms with Crippen LogP contribution in [-0.4, -0.2) is 12.8 Å². The smallest absolute Gasteiger partial charge is 0.422 e. The summed E-state index contributed by atoms with van der Waals surface area (Å²) in [6, 6.07) is 8.69. The minimum Gasteiger partial charge on any atom is -0.484 e. The lowest BCUT2D eigenvalue weighted by Gasteiger charge is -2.29. The van der Waals surface area contributed by atoms with E-state index in [1.807, 2.05) is 0 Å². The van der Waals surface area contributed by atoms with Crippen LogP contribution in [-0.2, 0) is 6.42 Å². The molecule has 0 radical (unpaired) electrons. The van der Waals surface area contributed by atoms with Crippen LogP contribution >= 0.6 is 0 Å². The van der Waals surface area contributed by atoms with Crippen LogP contribution in [0.25, 0.3) is 0 Å². The molecule has 164 valence electrons. The summed E-state index contributed by atoms with van der Waals surface area (Å²) in [5, 5.41) is 0. The molecule has 0 unspecified atom stereocenters. The van der Waals surface area contributed by atoms with Crippen molar-refractivity contribution >= 4 is 0 Å². The number of alkyl halides is 3. The minimum absolute atomic E-state index is 0.0256. The van der Waals surface area contributed by atoms with Crippen molar-refractivity contribution in [1.29, 1.82) is 0 Å². The van der Waals surface area contributed by atoms with E-state index in [1.165, 1.54) is 49.2 Å². The monoisotopic (exact) mass is 426 g/mol. The minimum atomic E-state index is -4.41. The van der Waals surface area contributed by atoms with E-state index in [4.69, 9.17) is 0 Å². The molecule has 0 amide bonds. The Hall–Kier alpha value is -2.11. The first-order chi connectivity index (χ1) is 14.2.